The molecule has 80 valence electrons. The molecule has 0 aliphatic heterocycles. The molecule has 0 aliphatic carbocycles. The van der Waals surface area contributed by atoms with Crippen molar-refractivity contribution in [3.05, 3.63) is 65.2 Å². The maximum absolute atomic E-state index is 12.7. The van der Waals surface area contributed by atoms with E-state index in [2.05, 4.69) is 4.98 Å². The first kappa shape index (κ1) is 10.5. The highest BCUT2D eigenvalue weighted by atomic mass is 19.1. The number of nitrogens with zero attached hydrogens (tertiary/aromatic N) is 1. The molecule has 0 bridgehead atoms. The van der Waals surface area contributed by atoms with Crippen LogP contribution < -0.4 is 0 Å². The highest BCUT2D eigenvalue weighted by Gasteiger charge is 2.10. The summed E-state index contributed by atoms with van der Waals surface area (Å²) < 4.78 is 12.7. The lowest BCUT2D eigenvalue weighted by Gasteiger charge is -2.01. The molecule has 2 rings (SSSR count). The molecular formula is C13H10FNO. The van der Waals surface area contributed by atoms with Crippen LogP contribution in [0.1, 0.15) is 21.7 Å². The quantitative estimate of drug-likeness (QED) is 0.721. The second-order valence-electron chi connectivity index (χ2n) is 3.50. The van der Waals surface area contributed by atoms with Crippen LogP contribution in [0.3, 0.4) is 0 Å². The van der Waals surface area contributed by atoms with Crippen LogP contribution in [-0.2, 0) is 0 Å². The number of carbonyl (C=O) groups excluding carboxylic acids is 1. The van der Waals surface area contributed by atoms with Crippen LogP contribution in [-0.4, -0.2) is 10.8 Å². The van der Waals surface area contributed by atoms with Crippen LogP contribution in [0.15, 0.2) is 42.5 Å². The highest BCUT2D eigenvalue weighted by Crippen LogP contribution is 2.09. The van der Waals surface area contributed by atoms with Crippen LogP contribution in [0, 0.1) is 12.7 Å². The summed E-state index contributed by atoms with van der Waals surface area (Å²) in [6.07, 6.45) is 0. The van der Waals surface area contributed by atoms with Gasteiger partial charge in [-0.3, -0.25) is 4.79 Å². The molecule has 1 heterocycles. The minimum absolute atomic E-state index is 0.191. The van der Waals surface area contributed by atoms with Crippen LogP contribution in [0.5, 0.6) is 0 Å². The Morgan fingerprint density at radius 1 is 1.12 bits per heavy atom. The number of hydrogen-bond acceptors (Lipinski definition) is 2. The van der Waals surface area contributed by atoms with Crippen molar-refractivity contribution in [2.24, 2.45) is 0 Å². The van der Waals surface area contributed by atoms with Crippen molar-refractivity contribution >= 4 is 5.78 Å². The van der Waals surface area contributed by atoms with E-state index in [1.165, 1.54) is 24.3 Å². The summed E-state index contributed by atoms with van der Waals surface area (Å²) in [5.74, 6) is -0.544. The molecule has 0 amide bonds. The lowest BCUT2D eigenvalue weighted by atomic mass is 10.1. The van der Waals surface area contributed by atoms with E-state index in [0.717, 1.165) is 5.69 Å². The number of benzene rings is 1. The normalized spacial score (nSPS) is 10.1. The standard InChI is InChI=1S/C13H10FNO/c1-9-3-2-4-12(15-9)13(16)10-5-7-11(14)8-6-10/h2-8H,1H3. The van der Waals surface area contributed by atoms with Gasteiger partial charge in [0.25, 0.3) is 0 Å². The fraction of sp³-hybridized carbons (Fsp3) is 0.0769. The zero-order chi connectivity index (χ0) is 11.5. The first-order valence-corrected chi connectivity index (χ1v) is 4.91. The first-order valence-electron chi connectivity index (χ1n) is 4.91. The molecule has 2 nitrogen and oxygen atoms in total. The summed E-state index contributed by atoms with van der Waals surface area (Å²) >= 11 is 0. The van der Waals surface area contributed by atoms with Gasteiger partial charge in [-0.2, -0.15) is 0 Å². The Bertz CT molecular complexity index is 520. The van der Waals surface area contributed by atoms with Gasteiger partial charge in [0.15, 0.2) is 0 Å². The summed E-state index contributed by atoms with van der Waals surface area (Å²) in [4.78, 5) is 16.1. The van der Waals surface area contributed by atoms with E-state index in [1.54, 1.807) is 12.1 Å². The molecule has 0 fully saturated rings. The molecule has 0 N–H and O–H groups in total. The monoisotopic (exact) mass is 215 g/mol. The molecule has 1 aromatic carbocycles. The SMILES string of the molecule is Cc1cccc(C(=O)c2ccc(F)cc2)n1. The zero-order valence-electron chi connectivity index (χ0n) is 8.77. The minimum atomic E-state index is -0.353. The summed E-state index contributed by atoms with van der Waals surface area (Å²) in [5, 5.41) is 0. The van der Waals surface area contributed by atoms with Gasteiger partial charge in [-0.25, -0.2) is 9.37 Å². The molecule has 0 radical (unpaired) electrons. The van der Waals surface area contributed by atoms with E-state index in [1.807, 2.05) is 13.0 Å². The minimum Gasteiger partial charge on any atom is -0.287 e. The third-order valence-corrected chi connectivity index (χ3v) is 2.23. The van der Waals surface area contributed by atoms with E-state index in [-0.39, 0.29) is 11.6 Å². The second-order valence-corrected chi connectivity index (χ2v) is 3.50. The van der Waals surface area contributed by atoms with E-state index < -0.39 is 0 Å². The number of halogens is 1. The maximum Gasteiger partial charge on any atom is 0.211 e. The smallest absolute Gasteiger partial charge is 0.211 e. The topological polar surface area (TPSA) is 30.0 Å². The maximum atomic E-state index is 12.7. The number of ketones is 1. The Labute approximate surface area is 92.8 Å². The van der Waals surface area contributed by atoms with E-state index in [9.17, 15) is 9.18 Å². The Hall–Kier alpha value is -2.03. The number of hydrogen-bond donors (Lipinski definition) is 0. The Kier molecular flexibility index (Phi) is 2.77. The predicted molar refractivity (Wildman–Crippen MR) is 58.8 cm³/mol. The molecule has 1 aromatic heterocycles. The van der Waals surface area contributed by atoms with Gasteiger partial charge in [0.2, 0.25) is 5.78 Å². The first-order chi connectivity index (χ1) is 7.66. The summed E-state index contributed by atoms with van der Waals surface area (Å²) in [5.41, 5.74) is 1.61. The van der Waals surface area contributed by atoms with Crippen molar-refractivity contribution in [1.29, 1.82) is 0 Å². The third-order valence-electron chi connectivity index (χ3n) is 2.23. The van der Waals surface area contributed by atoms with Crippen molar-refractivity contribution in [1.82, 2.24) is 4.98 Å². The summed E-state index contributed by atoms with van der Waals surface area (Å²) in [7, 11) is 0. The molecule has 16 heavy (non-hydrogen) atoms. The van der Waals surface area contributed by atoms with Crippen molar-refractivity contribution in [2.75, 3.05) is 0 Å². The number of carbonyl (C=O) groups is 1. The average molecular weight is 215 g/mol. The van der Waals surface area contributed by atoms with Gasteiger partial charge in [0.05, 0.1) is 0 Å². The van der Waals surface area contributed by atoms with Gasteiger partial charge in [-0.05, 0) is 43.3 Å². The van der Waals surface area contributed by atoms with Crippen LogP contribution in [0.2, 0.25) is 0 Å². The molecule has 2 aromatic rings. The van der Waals surface area contributed by atoms with Gasteiger partial charge in [-0.1, -0.05) is 6.07 Å². The number of aromatic nitrogens is 1. The predicted octanol–water partition coefficient (Wildman–Crippen LogP) is 2.76. The van der Waals surface area contributed by atoms with Gasteiger partial charge in [0.1, 0.15) is 11.5 Å². The zero-order valence-corrected chi connectivity index (χ0v) is 8.77. The van der Waals surface area contributed by atoms with E-state index in [0.29, 0.717) is 11.3 Å². The number of pyridine rings is 1. The van der Waals surface area contributed by atoms with E-state index in [4.69, 9.17) is 0 Å². The van der Waals surface area contributed by atoms with Crippen molar-refractivity contribution in [2.45, 2.75) is 6.92 Å². The van der Waals surface area contributed by atoms with Gasteiger partial charge < -0.3 is 0 Å². The molecule has 0 unspecified atom stereocenters. The van der Waals surface area contributed by atoms with Crippen LogP contribution >= 0.6 is 0 Å². The fourth-order valence-corrected chi connectivity index (χ4v) is 1.42. The third kappa shape index (κ3) is 2.14. The van der Waals surface area contributed by atoms with Crippen LogP contribution in [0.4, 0.5) is 4.39 Å². The molecule has 0 saturated heterocycles. The van der Waals surface area contributed by atoms with E-state index >= 15 is 0 Å². The molecule has 0 aliphatic rings. The number of rotatable bonds is 2. The lowest BCUT2D eigenvalue weighted by Crippen LogP contribution is -2.04. The largest absolute Gasteiger partial charge is 0.287 e. The summed E-state index contributed by atoms with van der Waals surface area (Å²) in [6, 6.07) is 10.7. The van der Waals surface area contributed by atoms with Crippen LogP contribution in [0.25, 0.3) is 0 Å². The van der Waals surface area contributed by atoms with Crippen molar-refractivity contribution in [3.63, 3.8) is 0 Å². The second kappa shape index (κ2) is 4.23. The van der Waals surface area contributed by atoms with Gasteiger partial charge >= 0.3 is 0 Å². The summed E-state index contributed by atoms with van der Waals surface area (Å²) in [6.45, 7) is 1.82. The molecule has 0 saturated carbocycles. The van der Waals surface area contributed by atoms with Crippen molar-refractivity contribution in [3.8, 4) is 0 Å². The Morgan fingerprint density at radius 3 is 2.44 bits per heavy atom. The van der Waals surface area contributed by atoms with Crippen molar-refractivity contribution < 1.29 is 9.18 Å². The fourth-order valence-electron chi connectivity index (χ4n) is 1.42. The Balaban J connectivity index is 2.35. The average Bonchev–Trinajstić information content (AvgIpc) is 2.29. The molecule has 0 spiro atoms. The lowest BCUT2D eigenvalue weighted by molar-refractivity contribution is 0.103. The van der Waals surface area contributed by atoms with Gasteiger partial charge in [0, 0.05) is 11.3 Å². The highest BCUT2D eigenvalue weighted by molar-refractivity contribution is 6.07. The van der Waals surface area contributed by atoms with Gasteiger partial charge in [-0.15, -0.1) is 0 Å². The molecular weight excluding hydrogens is 205 g/mol. The molecule has 0 atom stereocenters. The Morgan fingerprint density at radius 2 is 1.81 bits per heavy atom. The number of aryl methyl sites for hydroxylation is 1. The molecule has 3 heteroatoms.